The van der Waals surface area contributed by atoms with Gasteiger partial charge in [0.05, 0.1) is 0 Å². The predicted octanol–water partition coefficient (Wildman–Crippen LogP) is 1.64. The molecular weight excluding hydrogens is 292 g/mol. The van der Waals surface area contributed by atoms with E-state index in [4.69, 9.17) is 10.5 Å². The van der Waals surface area contributed by atoms with Crippen LogP contribution in [0.25, 0.3) is 0 Å². The Kier molecular flexibility index (Phi) is 7.77. The van der Waals surface area contributed by atoms with Crippen molar-refractivity contribution < 1.29 is 9.53 Å². The fourth-order valence-corrected chi connectivity index (χ4v) is 3.28. The number of ether oxygens (including phenoxy) is 1. The molecule has 23 heavy (non-hydrogen) atoms. The van der Waals surface area contributed by atoms with Gasteiger partial charge in [-0.2, -0.15) is 0 Å². The van der Waals surface area contributed by atoms with Gasteiger partial charge in [0, 0.05) is 37.8 Å². The summed E-state index contributed by atoms with van der Waals surface area (Å²) in [6.45, 7) is 13.5. The fourth-order valence-electron chi connectivity index (χ4n) is 3.28. The molecule has 0 aromatic heterocycles. The summed E-state index contributed by atoms with van der Waals surface area (Å²) in [6, 6.07) is 0.546. The number of hydrogen-bond acceptors (Lipinski definition) is 5. The van der Waals surface area contributed by atoms with Gasteiger partial charge >= 0.3 is 6.09 Å². The molecule has 3 atom stereocenters. The van der Waals surface area contributed by atoms with E-state index in [0.717, 1.165) is 32.5 Å². The normalized spacial score (nSPS) is 23.9. The van der Waals surface area contributed by atoms with Crippen LogP contribution in [0.3, 0.4) is 0 Å². The van der Waals surface area contributed by atoms with E-state index in [9.17, 15) is 4.79 Å². The van der Waals surface area contributed by atoms with E-state index in [2.05, 4.69) is 29.1 Å². The van der Waals surface area contributed by atoms with Crippen molar-refractivity contribution in [3.63, 3.8) is 0 Å². The van der Waals surface area contributed by atoms with Crippen molar-refractivity contribution in [2.75, 3.05) is 33.2 Å². The summed E-state index contributed by atoms with van der Waals surface area (Å²) in [5, 5.41) is 2.96. The van der Waals surface area contributed by atoms with Gasteiger partial charge in [-0.3, -0.25) is 4.90 Å². The van der Waals surface area contributed by atoms with Crippen LogP contribution in [0.15, 0.2) is 0 Å². The van der Waals surface area contributed by atoms with Crippen molar-refractivity contribution in [3.8, 4) is 0 Å². The van der Waals surface area contributed by atoms with Crippen LogP contribution in [-0.2, 0) is 4.74 Å². The SMILES string of the molecule is CCC1CN(C)CCCN1C(CN)C(C)NC(=O)OC(C)(C)C. The molecule has 1 aliphatic heterocycles. The highest BCUT2D eigenvalue weighted by molar-refractivity contribution is 5.68. The van der Waals surface area contributed by atoms with Crippen LogP contribution in [0.4, 0.5) is 4.79 Å². The highest BCUT2D eigenvalue weighted by Crippen LogP contribution is 2.17. The Hall–Kier alpha value is -0.850. The van der Waals surface area contributed by atoms with E-state index in [0.29, 0.717) is 12.6 Å². The van der Waals surface area contributed by atoms with Gasteiger partial charge in [-0.05, 0) is 54.1 Å². The number of carbonyl (C=O) groups excluding carboxylic acids is 1. The van der Waals surface area contributed by atoms with Gasteiger partial charge in [-0.25, -0.2) is 4.79 Å². The summed E-state index contributed by atoms with van der Waals surface area (Å²) < 4.78 is 5.37. The lowest BCUT2D eigenvalue weighted by Gasteiger charge is -2.39. The second-order valence-electron chi connectivity index (χ2n) is 7.65. The Morgan fingerprint density at radius 1 is 1.39 bits per heavy atom. The molecular formula is C17H36N4O2. The van der Waals surface area contributed by atoms with E-state index in [1.54, 1.807) is 0 Å². The van der Waals surface area contributed by atoms with E-state index in [1.807, 2.05) is 27.7 Å². The lowest BCUT2D eigenvalue weighted by Crippen LogP contribution is -2.58. The molecule has 1 aliphatic rings. The molecule has 0 aromatic carbocycles. The van der Waals surface area contributed by atoms with E-state index in [-0.39, 0.29) is 18.2 Å². The Bertz CT molecular complexity index is 370. The number of hydrogen-bond donors (Lipinski definition) is 2. The number of nitrogens with two attached hydrogens (primary N) is 1. The van der Waals surface area contributed by atoms with Crippen LogP contribution in [0.1, 0.15) is 47.5 Å². The minimum atomic E-state index is -0.487. The van der Waals surface area contributed by atoms with Gasteiger partial charge in [0.1, 0.15) is 5.60 Å². The van der Waals surface area contributed by atoms with E-state index in [1.165, 1.54) is 0 Å². The molecule has 3 N–H and O–H groups in total. The summed E-state index contributed by atoms with van der Waals surface area (Å²) in [5.74, 6) is 0. The van der Waals surface area contributed by atoms with Crippen molar-refractivity contribution in [2.24, 2.45) is 5.73 Å². The zero-order chi connectivity index (χ0) is 17.6. The molecule has 6 nitrogen and oxygen atoms in total. The minimum absolute atomic E-state index is 0.0488. The van der Waals surface area contributed by atoms with Crippen LogP contribution >= 0.6 is 0 Å². The molecule has 6 heteroatoms. The average Bonchev–Trinajstić information content (AvgIpc) is 2.59. The number of rotatable bonds is 5. The number of carbonyl (C=O) groups is 1. The van der Waals surface area contributed by atoms with Gasteiger partial charge in [-0.1, -0.05) is 6.92 Å². The molecule has 3 unspecified atom stereocenters. The molecule has 0 aliphatic carbocycles. The van der Waals surface area contributed by atoms with Crippen molar-refractivity contribution in [1.82, 2.24) is 15.1 Å². The summed E-state index contributed by atoms with van der Waals surface area (Å²) in [4.78, 5) is 16.9. The number of nitrogens with zero attached hydrogens (tertiary/aromatic N) is 2. The molecule has 0 radical (unpaired) electrons. The fraction of sp³-hybridized carbons (Fsp3) is 0.941. The quantitative estimate of drug-likeness (QED) is 0.803. The average molecular weight is 329 g/mol. The van der Waals surface area contributed by atoms with Crippen LogP contribution in [-0.4, -0.2) is 72.8 Å². The van der Waals surface area contributed by atoms with Gasteiger partial charge in [-0.15, -0.1) is 0 Å². The summed E-state index contributed by atoms with van der Waals surface area (Å²) in [5.41, 5.74) is 5.58. The van der Waals surface area contributed by atoms with Crippen LogP contribution in [0, 0.1) is 0 Å². The van der Waals surface area contributed by atoms with Crippen LogP contribution in [0.2, 0.25) is 0 Å². The standard InChI is InChI=1S/C17H36N4O2/c1-7-14-12-20(6)9-8-10-21(14)15(11-18)13(2)19-16(22)23-17(3,4)5/h13-15H,7-12,18H2,1-6H3,(H,19,22). The molecule has 1 heterocycles. The number of amides is 1. The first kappa shape index (κ1) is 20.2. The van der Waals surface area contributed by atoms with Gasteiger partial charge < -0.3 is 20.7 Å². The van der Waals surface area contributed by atoms with Gasteiger partial charge in [0.25, 0.3) is 0 Å². The maximum atomic E-state index is 12.0. The highest BCUT2D eigenvalue weighted by Gasteiger charge is 2.32. The molecule has 1 rings (SSSR count). The third kappa shape index (κ3) is 6.65. The zero-order valence-electron chi connectivity index (χ0n) is 15.8. The Labute approximate surface area is 141 Å². The zero-order valence-corrected chi connectivity index (χ0v) is 15.8. The second-order valence-corrected chi connectivity index (χ2v) is 7.65. The van der Waals surface area contributed by atoms with Gasteiger partial charge in [0.2, 0.25) is 0 Å². The molecule has 0 aromatic rings. The Morgan fingerprint density at radius 2 is 2.04 bits per heavy atom. The molecule has 1 fully saturated rings. The van der Waals surface area contributed by atoms with E-state index < -0.39 is 5.60 Å². The third-order valence-corrected chi connectivity index (χ3v) is 4.41. The van der Waals surface area contributed by atoms with Crippen LogP contribution < -0.4 is 11.1 Å². The van der Waals surface area contributed by atoms with Crippen molar-refractivity contribution >= 4 is 6.09 Å². The van der Waals surface area contributed by atoms with Gasteiger partial charge in [0.15, 0.2) is 0 Å². The minimum Gasteiger partial charge on any atom is -0.444 e. The van der Waals surface area contributed by atoms with Crippen molar-refractivity contribution in [3.05, 3.63) is 0 Å². The van der Waals surface area contributed by atoms with E-state index >= 15 is 0 Å². The number of likely N-dealkylation sites (N-methyl/N-ethyl adjacent to an activating group) is 1. The highest BCUT2D eigenvalue weighted by atomic mass is 16.6. The molecule has 136 valence electrons. The molecule has 0 spiro atoms. The summed E-state index contributed by atoms with van der Waals surface area (Å²) >= 11 is 0. The molecule has 0 saturated carbocycles. The lowest BCUT2D eigenvalue weighted by molar-refractivity contribution is 0.0443. The topological polar surface area (TPSA) is 70.8 Å². The number of nitrogens with one attached hydrogen (secondary N) is 1. The Morgan fingerprint density at radius 3 is 2.57 bits per heavy atom. The van der Waals surface area contributed by atoms with Crippen molar-refractivity contribution in [2.45, 2.75) is 71.2 Å². The monoisotopic (exact) mass is 328 g/mol. The Balaban J connectivity index is 2.74. The largest absolute Gasteiger partial charge is 0.444 e. The first-order valence-electron chi connectivity index (χ1n) is 8.81. The summed E-state index contributed by atoms with van der Waals surface area (Å²) in [7, 11) is 2.17. The molecule has 1 saturated heterocycles. The lowest BCUT2D eigenvalue weighted by atomic mass is 10.0. The second kappa shape index (κ2) is 8.85. The summed E-state index contributed by atoms with van der Waals surface area (Å²) in [6.07, 6.45) is 1.84. The maximum Gasteiger partial charge on any atom is 0.407 e. The van der Waals surface area contributed by atoms with Crippen molar-refractivity contribution in [1.29, 1.82) is 0 Å². The first-order valence-corrected chi connectivity index (χ1v) is 8.81. The number of alkyl carbamates (subject to hydrolysis) is 1. The third-order valence-electron chi connectivity index (χ3n) is 4.41. The molecule has 0 bridgehead atoms. The maximum absolute atomic E-state index is 12.0. The first-order chi connectivity index (χ1) is 10.7. The predicted molar refractivity (Wildman–Crippen MR) is 94.6 cm³/mol. The smallest absolute Gasteiger partial charge is 0.407 e. The molecule has 1 amide bonds. The van der Waals surface area contributed by atoms with Crippen LogP contribution in [0.5, 0.6) is 0 Å².